The molecule has 0 fully saturated rings. The van der Waals surface area contributed by atoms with Crippen LogP contribution in [-0.4, -0.2) is 20.9 Å². The van der Waals surface area contributed by atoms with Gasteiger partial charge in [0.15, 0.2) is 6.61 Å². The molecule has 0 heterocycles. The lowest BCUT2D eigenvalue weighted by molar-refractivity contribution is -0.123. The highest BCUT2D eigenvalue weighted by Crippen LogP contribution is 2.27. The van der Waals surface area contributed by atoms with Gasteiger partial charge in [-0.3, -0.25) is 10.2 Å². The first-order valence-corrected chi connectivity index (χ1v) is 9.04. The van der Waals surface area contributed by atoms with Gasteiger partial charge in [0.2, 0.25) is 0 Å². The van der Waals surface area contributed by atoms with Gasteiger partial charge >= 0.3 is 0 Å². The molecule has 2 aromatic carbocycles. The second kappa shape index (κ2) is 8.04. The van der Waals surface area contributed by atoms with Crippen molar-refractivity contribution < 1.29 is 17.9 Å². The molecule has 0 bridgehead atoms. The lowest BCUT2D eigenvalue weighted by Crippen LogP contribution is -2.43. The summed E-state index contributed by atoms with van der Waals surface area (Å²) in [5.41, 5.74) is 2.03. The number of rotatable bonds is 6. The van der Waals surface area contributed by atoms with Gasteiger partial charge in [0.05, 0.1) is 9.92 Å². The Morgan fingerprint density at radius 2 is 1.62 bits per heavy atom. The Bertz CT molecular complexity index is 842. The summed E-state index contributed by atoms with van der Waals surface area (Å²) in [6.45, 7) is -0.440. The molecule has 0 aliphatic carbocycles. The molecular weight excluding hydrogens is 399 g/mol. The smallest absolute Gasteiger partial charge is 0.272 e. The molecule has 1 amide bonds. The van der Waals surface area contributed by atoms with Crippen LogP contribution in [-0.2, 0) is 14.8 Å². The molecule has 0 aliphatic heterocycles. The molecule has 6 nitrogen and oxygen atoms in total. The molecular formula is C14H11Cl3N2O4S. The Kier molecular flexibility index (Phi) is 6.31. The molecule has 0 atom stereocenters. The fraction of sp³-hybridized carbons (Fsp3) is 0.0714. The van der Waals surface area contributed by atoms with E-state index in [-0.39, 0.29) is 15.7 Å². The molecule has 0 radical (unpaired) electrons. The van der Waals surface area contributed by atoms with Crippen LogP contribution < -0.4 is 15.0 Å². The van der Waals surface area contributed by atoms with E-state index in [0.717, 1.165) is 0 Å². The van der Waals surface area contributed by atoms with Crippen LogP contribution in [0.1, 0.15) is 0 Å². The van der Waals surface area contributed by atoms with Crippen LogP contribution >= 0.6 is 34.8 Å². The Morgan fingerprint density at radius 3 is 2.25 bits per heavy atom. The molecule has 24 heavy (non-hydrogen) atoms. The van der Waals surface area contributed by atoms with Crippen LogP contribution in [0.3, 0.4) is 0 Å². The second-order valence-corrected chi connectivity index (χ2v) is 7.43. The lowest BCUT2D eigenvalue weighted by Gasteiger charge is -2.10. The van der Waals surface area contributed by atoms with E-state index in [1.807, 2.05) is 10.3 Å². The third kappa shape index (κ3) is 5.25. The highest BCUT2D eigenvalue weighted by Gasteiger charge is 2.15. The molecule has 2 rings (SSSR count). The van der Waals surface area contributed by atoms with Gasteiger partial charge in [0.25, 0.3) is 15.9 Å². The van der Waals surface area contributed by atoms with Crippen LogP contribution in [0.2, 0.25) is 15.1 Å². The van der Waals surface area contributed by atoms with Crippen molar-refractivity contribution in [3.05, 3.63) is 57.5 Å². The molecule has 10 heteroatoms. The van der Waals surface area contributed by atoms with Crippen LogP contribution in [0.5, 0.6) is 5.75 Å². The van der Waals surface area contributed by atoms with Crippen molar-refractivity contribution in [1.82, 2.24) is 10.3 Å². The topological polar surface area (TPSA) is 84.5 Å². The first-order chi connectivity index (χ1) is 11.3. The molecule has 128 valence electrons. The predicted molar refractivity (Wildman–Crippen MR) is 91.9 cm³/mol. The zero-order chi connectivity index (χ0) is 17.7. The molecule has 2 aromatic rings. The number of hydrogen-bond acceptors (Lipinski definition) is 4. The summed E-state index contributed by atoms with van der Waals surface area (Å²) in [5, 5.41) is 1.05. The average Bonchev–Trinajstić information content (AvgIpc) is 2.52. The lowest BCUT2D eigenvalue weighted by atomic mass is 10.3. The summed E-state index contributed by atoms with van der Waals surface area (Å²) in [5.74, 6) is -0.463. The Morgan fingerprint density at radius 1 is 1.00 bits per heavy atom. The van der Waals surface area contributed by atoms with Crippen LogP contribution in [0, 0.1) is 0 Å². The maximum Gasteiger partial charge on any atom is 0.272 e. The van der Waals surface area contributed by atoms with E-state index in [1.165, 1.54) is 36.4 Å². The van der Waals surface area contributed by atoms with E-state index in [4.69, 9.17) is 39.5 Å². The first kappa shape index (κ1) is 18.8. The minimum Gasteiger partial charge on any atom is -0.482 e. The van der Waals surface area contributed by atoms with Gasteiger partial charge in [-0.05, 0) is 42.5 Å². The van der Waals surface area contributed by atoms with Gasteiger partial charge in [-0.1, -0.05) is 34.8 Å². The van der Waals surface area contributed by atoms with Gasteiger partial charge < -0.3 is 4.74 Å². The number of halogens is 3. The highest BCUT2D eigenvalue weighted by molar-refractivity contribution is 7.89. The zero-order valence-electron chi connectivity index (χ0n) is 11.9. The van der Waals surface area contributed by atoms with Gasteiger partial charge in [0.1, 0.15) is 5.75 Å². The predicted octanol–water partition coefficient (Wildman–Crippen LogP) is 3.04. The molecule has 0 unspecified atom stereocenters. The van der Waals surface area contributed by atoms with Crippen LogP contribution in [0.4, 0.5) is 0 Å². The highest BCUT2D eigenvalue weighted by atomic mass is 35.5. The maximum atomic E-state index is 12.0. The zero-order valence-corrected chi connectivity index (χ0v) is 15.0. The number of carbonyl (C=O) groups is 1. The van der Waals surface area contributed by atoms with Gasteiger partial charge in [-0.15, -0.1) is 4.83 Å². The number of hydrazine groups is 1. The SMILES string of the molecule is O=C(COc1ccc(Cl)cc1Cl)NNS(=O)(=O)c1ccc(Cl)cc1. The molecule has 0 aliphatic rings. The first-order valence-electron chi connectivity index (χ1n) is 6.42. The molecule has 2 N–H and O–H groups in total. The quantitative estimate of drug-likeness (QED) is 0.718. The number of carbonyl (C=O) groups excluding carboxylic acids is 1. The summed E-state index contributed by atoms with van der Waals surface area (Å²) in [4.78, 5) is 13.6. The summed E-state index contributed by atoms with van der Waals surface area (Å²) >= 11 is 17.3. The van der Waals surface area contributed by atoms with Crippen molar-refractivity contribution in [2.75, 3.05) is 6.61 Å². The van der Waals surface area contributed by atoms with Gasteiger partial charge in [-0.25, -0.2) is 8.42 Å². The van der Waals surface area contributed by atoms with E-state index < -0.39 is 22.5 Å². The van der Waals surface area contributed by atoms with Crippen LogP contribution in [0.15, 0.2) is 47.4 Å². The minimum atomic E-state index is -3.91. The number of sulfonamides is 1. The molecule has 0 spiro atoms. The fourth-order valence-corrected chi connectivity index (χ4v) is 3.02. The Balaban J connectivity index is 1.89. The summed E-state index contributed by atoms with van der Waals surface area (Å²) in [6.07, 6.45) is 0. The Hall–Kier alpha value is -1.51. The average molecular weight is 410 g/mol. The number of benzene rings is 2. The number of amides is 1. The molecule has 0 aromatic heterocycles. The summed E-state index contributed by atoms with van der Waals surface area (Å²) in [6, 6.07) is 9.95. The summed E-state index contributed by atoms with van der Waals surface area (Å²) in [7, 11) is -3.91. The molecule has 0 saturated heterocycles. The monoisotopic (exact) mass is 408 g/mol. The normalized spacial score (nSPS) is 11.1. The van der Waals surface area contributed by atoms with Gasteiger partial charge in [0, 0.05) is 10.0 Å². The molecule has 0 saturated carbocycles. The van der Waals surface area contributed by atoms with Crippen molar-refractivity contribution in [3.8, 4) is 5.75 Å². The fourth-order valence-electron chi connectivity index (χ4n) is 1.57. The van der Waals surface area contributed by atoms with Crippen molar-refractivity contribution in [1.29, 1.82) is 0 Å². The maximum absolute atomic E-state index is 12.0. The summed E-state index contributed by atoms with van der Waals surface area (Å²) < 4.78 is 29.1. The minimum absolute atomic E-state index is 0.0473. The third-order valence-corrected chi connectivity index (χ3v) is 4.75. The third-order valence-electron chi connectivity index (χ3n) is 2.70. The number of nitrogens with one attached hydrogen (secondary N) is 2. The van der Waals surface area contributed by atoms with E-state index >= 15 is 0 Å². The van der Waals surface area contributed by atoms with E-state index in [0.29, 0.717) is 10.0 Å². The second-order valence-electron chi connectivity index (χ2n) is 4.47. The standard InChI is InChI=1S/C14H11Cl3N2O4S/c15-9-1-4-11(5-2-9)24(21,22)19-18-14(20)8-23-13-6-3-10(16)7-12(13)17/h1-7,19H,8H2,(H,18,20). The van der Waals surface area contributed by atoms with E-state index in [2.05, 4.69) is 0 Å². The van der Waals surface area contributed by atoms with E-state index in [9.17, 15) is 13.2 Å². The van der Waals surface area contributed by atoms with Crippen molar-refractivity contribution >= 4 is 50.7 Å². The Labute approximate surface area is 153 Å². The number of hydrogen-bond donors (Lipinski definition) is 2. The van der Waals surface area contributed by atoms with E-state index in [1.54, 1.807) is 6.07 Å². The van der Waals surface area contributed by atoms with Crippen molar-refractivity contribution in [3.63, 3.8) is 0 Å². The van der Waals surface area contributed by atoms with Gasteiger partial charge in [-0.2, -0.15) is 0 Å². The number of ether oxygens (including phenoxy) is 1. The van der Waals surface area contributed by atoms with Crippen molar-refractivity contribution in [2.45, 2.75) is 4.90 Å². The largest absolute Gasteiger partial charge is 0.482 e. The van der Waals surface area contributed by atoms with Crippen molar-refractivity contribution in [2.24, 2.45) is 0 Å². The van der Waals surface area contributed by atoms with Crippen LogP contribution in [0.25, 0.3) is 0 Å².